The Kier molecular flexibility index (Phi) is 7.21. The molecule has 38 heavy (non-hydrogen) atoms. The van der Waals surface area contributed by atoms with Crippen LogP contribution in [-0.2, 0) is 0 Å². The number of halogens is 1. The van der Waals surface area contributed by atoms with Crippen molar-refractivity contribution in [3.63, 3.8) is 0 Å². The number of non-ortho nitro benzene ring substituents is 1. The van der Waals surface area contributed by atoms with Crippen LogP contribution in [0.25, 0.3) is 0 Å². The van der Waals surface area contributed by atoms with E-state index in [1.807, 2.05) is 12.1 Å². The van der Waals surface area contributed by atoms with Gasteiger partial charge in [-0.25, -0.2) is 4.39 Å². The van der Waals surface area contributed by atoms with Crippen LogP contribution in [0.1, 0.15) is 33.6 Å². The fourth-order valence-corrected chi connectivity index (χ4v) is 4.98. The van der Waals surface area contributed by atoms with Crippen LogP contribution < -0.4 is 15.1 Å². The molecular formula is C28H28FN5O4. The summed E-state index contributed by atoms with van der Waals surface area (Å²) in [5, 5.41) is 14.2. The van der Waals surface area contributed by atoms with Crippen molar-refractivity contribution in [1.29, 1.82) is 0 Å². The summed E-state index contributed by atoms with van der Waals surface area (Å²) in [6, 6.07) is 17.8. The van der Waals surface area contributed by atoms with Gasteiger partial charge < -0.3 is 20.0 Å². The van der Waals surface area contributed by atoms with Gasteiger partial charge >= 0.3 is 0 Å². The number of benzene rings is 3. The average Bonchev–Trinajstić information content (AvgIpc) is 3.48. The van der Waals surface area contributed by atoms with Gasteiger partial charge in [0.1, 0.15) is 5.82 Å². The Morgan fingerprint density at radius 1 is 0.816 bits per heavy atom. The van der Waals surface area contributed by atoms with Crippen molar-refractivity contribution in [2.75, 3.05) is 54.4 Å². The van der Waals surface area contributed by atoms with Gasteiger partial charge in [0.2, 0.25) is 0 Å². The first-order chi connectivity index (χ1) is 18.4. The number of hydrogen-bond acceptors (Lipinski definition) is 6. The molecule has 2 aliphatic rings. The maximum absolute atomic E-state index is 14.0. The number of nitrogens with one attached hydrogen (secondary N) is 1. The molecule has 2 amide bonds. The molecule has 2 saturated heterocycles. The minimum Gasteiger partial charge on any atom is -0.371 e. The van der Waals surface area contributed by atoms with Crippen LogP contribution in [0.5, 0.6) is 0 Å². The molecule has 0 bridgehead atoms. The van der Waals surface area contributed by atoms with Crippen LogP contribution in [-0.4, -0.2) is 60.9 Å². The first-order valence-corrected chi connectivity index (χ1v) is 12.6. The van der Waals surface area contributed by atoms with Crippen LogP contribution >= 0.6 is 0 Å². The van der Waals surface area contributed by atoms with Crippen molar-refractivity contribution >= 4 is 34.6 Å². The molecule has 3 aromatic carbocycles. The van der Waals surface area contributed by atoms with Gasteiger partial charge in [0.15, 0.2) is 0 Å². The zero-order chi connectivity index (χ0) is 26.6. The second-order valence-electron chi connectivity index (χ2n) is 9.41. The van der Waals surface area contributed by atoms with E-state index in [1.165, 1.54) is 24.3 Å². The van der Waals surface area contributed by atoms with Crippen LogP contribution in [0, 0.1) is 15.9 Å². The number of carbonyl (C=O) groups excluding carboxylic acids is 2. The topological polar surface area (TPSA) is 99.0 Å². The van der Waals surface area contributed by atoms with Crippen molar-refractivity contribution in [3.05, 3.63) is 93.8 Å². The monoisotopic (exact) mass is 517 g/mol. The van der Waals surface area contributed by atoms with Gasteiger partial charge in [0.05, 0.1) is 21.7 Å². The number of rotatable bonds is 6. The van der Waals surface area contributed by atoms with Gasteiger partial charge in [0.25, 0.3) is 17.5 Å². The fourth-order valence-electron chi connectivity index (χ4n) is 4.98. The maximum atomic E-state index is 14.0. The van der Waals surface area contributed by atoms with Crippen molar-refractivity contribution in [2.24, 2.45) is 0 Å². The summed E-state index contributed by atoms with van der Waals surface area (Å²) >= 11 is 0. The van der Waals surface area contributed by atoms with E-state index in [9.17, 15) is 24.1 Å². The largest absolute Gasteiger partial charge is 0.371 e. The first kappa shape index (κ1) is 25.2. The SMILES string of the molecule is O=C(Nc1ccc(N2CCN(C(=O)c3ccccc3F)CC2)cc1)c1cc([N+](=O)[O-])ccc1N1CCCC1. The lowest BCUT2D eigenvalue weighted by Crippen LogP contribution is -2.49. The molecule has 2 fully saturated rings. The quantitative estimate of drug-likeness (QED) is 0.381. The number of nitrogens with zero attached hydrogens (tertiary/aromatic N) is 4. The molecule has 0 unspecified atom stereocenters. The number of carbonyl (C=O) groups is 2. The molecule has 1 N–H and O–H groups in total. The van der Waals surface area contributed by atoms with Gasteiger partial charge in [-0.2, -0.15) is 0 Å². The van der Waals surface area contributed by atoms with Crippen LogP contribution in [0.4, 0.5) is 27.1 Å². The highest BCUT2D eigenvalue weighted by Crippen LogP contribution is 2.29. The third kappa shape index (κ3) is 5.29. The van der Waals surface area contributed by atoms with Crippen molar-refractivity contribution in [1.82, 2.24) is 4.90 Å². The van der Waals surface area contributed by atoms with E-state index in [2.05, 4.69) is 15.1 Å². The number of nitro benzene ring substituents is 1. The Morgan fingerprint density at radius 3 is 2.16 bits per heavy atom. The highest BCUT2D eigenvalue weighted by Gasteiger charge is 2.25. The van der Waals surface area contributed by atoms with E-state index in [1.54, 1.807) is 35.2 Å². The molecule has 3 aromatic rings. The lowest BCUT2D eigenvalue weighted by atomic mass is 10.1. The molecule has 0 saturated carbocycles. The summed E-state index contributed by atoms with van der Waals surface area (Å²) in [5.74, 6) is -1.23. The summed E-state index contributed by atoms with van der Waals surface area (Å²) in [6.07, 6.45) is 2.04. The predicted octanol–water partition coefficient (Wildman–Crippen LogP) is 4.55. The van der Waals surface area contributed by atoms with E-state index in [4.69, 9.17) is 0 Å². The Labute approximate surface area is 219 Å². The van der Waals surface area contributed by atoms with E-state index in [-0.39, 0.29) is 22.7 Å². The molecule has 2 aliphatic heterocycles. The highest BCUT2D eigenvalue weighted by molar-refractivity contribution is 6.08. The lowest BCUT2D eigenvalue weighted by Gasteiger charge is -2.36. The third-order valence-corrected chi connectivity index (χ3v) is 7.04. The standard InChI is InChI=1S/C28H28FN5O4/c29-25-6-2-1-5-23(25)28(36)33-17-15-31(16-18-33)21-9-7-20(8-10-21)30-27(35)24-19-22(34(37)38)11-12-26(24)32-13-3-4-14-32/h1-2,5-12,19H,3-4,13-18H2,(H,30,35). The van der Waals surface area contributed by atoms with Gasteiger partial charge in [-0.15, -0.1) is 0 Å². The third-order valence-electron chi connectivity index (χ3n) is 7.04. The first-order valence-electron chi connectivity index (χ1n) is 12.6. The van der Waals surface area contributed by atoms with Crippen LogP contribution in [0.3, 0.4) is 0 Å². The molecule has 5 rings (SSSR count). The Balaban J connectivity index is 1.23. The van der Waals surface area contributed by atoms with E-state index < -0.39 is 16.6 Å². The summed E-state index contributed by atoms with van der Waals surface area (Å²) in [5.41, 5.74) is 2.45. The number of anilines is 3. The maximum Gasteiger partial charge on any atom is 0.270 e. The molecule has 2 heterocycles. The smallest absolute Gasteiger partial charge is 0.270 e. The molecule has 0 aliphatic carbocycles. The van der Waals surface area contributed by atoms with E-state index in [0.29, 0.717) is 37.6 Å². The second kappa shape index (κ2) is 10.9. The van der Waals surface area contributed by atoms with E-state index >= 15 is 0 Å². The summed E-state index contributed by atoms with van der Waals surface area (Å²) in [6.45, 7) is 3.75. The summed E-state index contributed by atoms with van der Waals surface area (Å²) < 4.78 is 14.0. The fraction of sp³-hybridized carbons (Fsp3) is 0.286. The van der Waals surface area contributed by atoms with Crippen molar-refractivity contribution in [3.8, 4) is 0 Å². The summed E-state index contributed by atoms with van der Waals surface area (Å²) in [4.78, 5) is 42.5. The predicted molar refractivity (Wildman–Crippen MR) is 143 cm³/mol. The average molecular weight is 518 g/mol. The number of nitro groups is 1. The molecule has 0 aromatic heterocycles. The number of amides is 2. The molecular weight excluding hydrogens is 489 g/mol. The Hall–Kier alpha value is -4.47. The zero-order valence-corrected chi connectivity index (χ0v) is 20.8. The lowest BCUT2D eigenvalue weighted by molar-refractivity contribution is -0.384. The van der Waals surface area contributed by atoms with Gasteiger partial charge in [-0.1, -0.05) is 12.1 Å². The Morgan fingerprint density at radius 2 is 1.50 bits per heavy atom. The molecule has 196 valence electrons. The number of hydrogen-bond donors (Lipinski definition) is 1. The number of piperazine rings is 1. The normalized spacial score (nSPS) is 15.4. The summed E-state index contributed by atoms with van der Waals surface area (Å²) in [7, 11) is 0. The van der Waals surface area contributed by atoms with Crippen molar-refractivity contribution in [2.45, 2.75) is 12.8 Å². The van der Waals surface area contributed by atoms with Gasteiger partial charge in [0, 0.05) is 62.8 Å². The molecule has 9 nitrogen and oxygen atoms in total. The van der Waals surface area contributed by atoms with Crippen LogP contribution in [0.2, 0.25) is 0 Å². The molecule has 10 heteroatoms. The van der Waals surface area contributed by atoms with Gasteiger partial charge in [-0.3, -0.25) is 19.7 Å². The van der Waals surface area contributed by atoms with Gasteiger partial charge in [-0.05, 0) is 55.3 Å². The minimum atomic E-state index is -0.518. The zero-order valence-electron chi connectivity index (χ0n) is 20.8. The molecule has 0 radical (unpaired) electrons. The van der Waals surface area contributed by atoms with Crippen LogP contribution in [0.15, 0.2) is 66.7 Å². The van der Waals surface area contributed by atoms with Crippen molar-refractivity contribution < 1.29 is 18.9 Å². The Bertz CT molecular complexity index is 1350. The minimum absolute atomic E-state index is 0.0812. The second-order valence-corrected chi connectivity index (χ2v) is 9.41. The highest BCUT2D eigenvalue weighted by atomic mass is 19.1. The molecule has 0 spiro atoms. The molecule has 0 atom stereocenters. The van der Waals surface area contributed by atoms with E-state index in [0.717, 1.165) is 31.6 Å².